The van der Waals surface area contributed by atoms with E-state index in [9.17, 15) is 8.42 Å². The van der Waals surface area contributed by atoms with Gasteiger partial charge in [-0.3, -0.25) is 4.72 Å². The molecule has 1 aromatic rings. The van der Waals surface area contributed by atoms with Gasteiger partial charge in [-0.25, -0.2) is 13.4 Å². The molecule has 0 saturated heterocycles. The lowest BCUT2D eigenvalue weighted by Crippen LogP contribution is -2.18. The predicted octanol–water partition coefficient (Wildman–Crippen LogP) is 0.296. The first-order chi connectivity index (χ1) is 8.12. The van der Waals surface area contributed by atoms with Crippen LogP contribution >= 0.6 is 0 Å². The normalized spacial score (nSPS) is 14.9. The lowest BCUT2D eigenvalue weighted by atomic mass is 10.3. The standard InChI is InChI=1S/C11H13N3O2S/c12-8-2-4-9-3-1-5-11(13-9)14-17(15,16)10-6-7-10/h1,3,5,10H,6-8,12H2,(H,13,14). The average molecular weight is 251 g/mol. The Bertz CT molecular complexity index is 568. The molecular weight excluding hydrogens is 238 g/mol. The van der Waals surface area contributed by atoms with Gasteiger partial charge in [0.1, 0.15) is 11.5 Å². The van der Waals surface area contributed by atoms with Crippen LogP contribution in [0.5, 0.6) is 0 Å². The van der Waals surface area contributed by atoms with Gasteiger partial charge in [0.25, 0.3) is 0 Å². The van der Waals surface area contributed by atoms with E-state index in [1.807, 2.05) is 0 Å². The van der Waals surface area contributed by atoms with Crippen LogP contribution in [0.3, 0.4) is 0 Å². The number of pyridine rings is 1. The first-order valence-electron chi connectivity index (χ1n) is 5.29. The van der Waals surface area contributed by atoms with Crippen LogP contribution in [0, 0.1) is 11.8 Å². The number of hydrogen-bond donors (Lipinski definition) is 2. The Morgan fingerprint density at radius 3 is 2.88 bits per heavy atom. The summed E-state index contributed by atoms with van der Waals surface area (Å²) >= 11 is 0. The second kappa shape index (κ2) is 4.73. The second-order valence-electron chi connectivity index (χ2n) is 3.76. The molecule has 5 nitrogen and oxygen atoms in total. The van der Waals surface area contributed by atoms with Gasteiger partial charge in [0.2, 0.25) is 10.0 Å². The van der Waals surface area contributed by atoms with Gasteiger partial charge in [-0.05, 0) is 30.9 Å². The molecule has 0 unspecified atom stereocenters. The van der Waals surface area contributed by atoms with Gasteiger partial charge in [0, 0.05) is 0 Å². The van der Waals surface area contributed by atoms with E-state index >= 15 is 0 Å². The fourth-order valence-corrected chi connectivity index (χ4v) is 2.64. The van der Waals surface area contributed by atoms with Gasteiger partial charge in [-0.15, -0.1) is 0 Å². The molecule has 1 saturated carbocycles. The third kappa shape index (κ3) is 3.19. The van der Waals surface area contributed by atoms with Crippen LogP contribution in [0.2, 0.25) is 0 Å². The Kier molecular flexibility index (Phi) is 3.31. The zero-order valence-corrected chi connectivity index (χ0v) is 10.00. The molecule has 1 aliphatic rings. The summed E-state index contributed by atoms with van der Waals surface area (Å²) in [5.41, 5.74) is 5.76. The van der Waals surface area contributed by atoms with E-state index in [1.54, 1.807) is 18.2 Å². The van der Waals surface area contributed by atoms with Crippen LogP contribution in [0.15, 0.2) is 18.2 Å². The van der Waals surface area contributed by atoms with E-state index in [1.165, 1.54) is 0 Å². The minimum absolute atomic E-state index is 0.250. The Morgan fingerprint density at radius 2 is 2.24 bits per heavy atom. The zero-order chi connectivity index (χ0) is 12.3. The number of rotatable bonds is 3. The maximum absolute atomic E-state index is 11.7. The van der Waals surface area contributed by atoms with Gasteiger partial charge in [-0.1, -0.05) is 12.0 Å². The number of hydrogen-bond acceptors (Lipinski definition) is 4. The van der Waals surface area contributed by atoms with E-state index in [0.29, 0.717) is 11.5 Å². The van der Waals surface area contributed by atoms with Gasteiger partial charge in [0.15, 0.2) is 0 Å². The van der Waals surface area contributed by atoms with Crippen molar-refractivity contribution < 1.29 is 8.42 Å². The van der Waals surface area contributed by atoms with Gasteiger partial charge < -0.3 is 5.73 Å². The summed E-state index contributed by atoms with van der Waals surface area (Å²) in [6, 6.07) is 5.02. The van der Waals surface area contributed by atoms with E-state index < -0.39 is 10.0 Å². The van der Waals surface area contributed by atoms with E-state index in [2.05, 4.69) is 21.5 Å². The number of nitrogens with two attached hydrogens (primary N) is 1. The molecule has 1 heterocycles. The lowest BCUT2D eigenvalue weighted by Gasteiger charge is -2.05. The molecule has 1 fully saturated rings. The molecule has 6 heteroatoms. The third-order valence-corrected chi connectivity index (χ3v) is 4.12. The molecule has 3 N–H and O–H groups in total. The van der Waals surface area contributed by atoms with Gasteiger partial charge in [-0.2, -0.15) is 0 Å². The fourth-order valence-electron chi connectivity index (χ4n) is 1.31. The molecule has 0 spiro atoms. The SMILES string of the molecule is NCC#Cc1cccc(NS(=O)(=O)C2CC2)n1. The third-order valence-electron chi connectivity index (χ3n) is 2.28. The first-order valence-corrected chi connectivity index (χ1v) is 6.84. The maximum Gasteiger partial charge on any atom is 0.236 e. The number of sulfonamides is 1. The maximum atomic E-state index is 11.7. The quantitative estimate of drug-likeness (QED) is 0.756. The molecule has 0 aromatic carbocycles. The van der Waals surface area contributed by atoms with Crippen LogP contribution in [0.4, 0.5) is 5.82 Å². The van der Waals surface area contributed by atoms with Crippen LogP contribution in [-0.2, 0) is 10.0 Å². The first kappa shape index (κ1) is 11.9. The van der Waals surface area contributed by atoms with Crippen molar-refractivity contribution >= 4 is 15.8 Å². The minimum Gasteiger partial charge on any atom is -0.320 e. The van der Waals surface area contributed by atoms with Crippen LogP contribution in [-0.4, -0.2) is 25.2 Å². The van der Waals surface area contributed by atoms with Crippen molar-refractivity contribution in [3.05, 3.63) is 23.9 Å². The number of anilines is 1. The zero-order valence-electron chi connectivity index (χ0n) is 9.18. The molecule has 17 heavy (non-hydrogen) atoms. The summed E-state index contributed by atoms with van der Waals surface area (Å²) in [6.45, 7) is 0.250. The second-order valence-corrected chi connectivity index (χ2v) is 5.72. The van der Waals surface area contributed by atoms with Crippen molar-refractivity contribution in [3.63, 3.8) is 0 Å². The Hall–Kier alpha value is -1.58. The highest BCUT2D eigenvalue weighted by Gasteiger charge is 2.35. The largest absolute Gasteiger partial charge is 0.320 e. The van der Waals surface area contributed by atoms with Crippen molar-refractivity contribution in [1.29, 1.82) is 0 Å². The Morgan fingerprint density at radius 1 is 1.47 bits per heavy atom. The number of nitrogens with one attached hydrogen (secondary N) is 1. The summed E-state index contributed by atoms with van der Waals surface area (Å²) < 4.78 is 25.8. The highest BCUT2D eigenvalue weighted by atomic mass is 32.2. The lowest BCUT2D eigenvalue weighted by molar-refractivity contribution is 0.600. The number of aromatic nitrogens is 1. The van der Waals surface area contributed by atoms with Crippen molar-refractivity contribution in [2.45, 2.75) is 18.1 Å². The van der Waals surface area contributed by atoms with Crippen molar-refractivity contribution in [2.24, 2.45) is 5.73 Å². The van der Waals surface area contributed by atoms with Crippen molar-refractivity contribution in [3.8, 4) is 11.8 Å². The van der Waals surface area contributed by atoms with E-state index in [4.69, 9.17) is 5.73 Å². The average Bonchev–Trinajstić information content (AvgIpc) is 3.10. The van der Waals surface area contributed by atoms with E-state index in [0.717, 1.165) is 12.8 Å². The highest BCUT2D eigenvalue weighted by Crippen LogP contribution is 2.29. The fraction of sp³-hybridized carbons (Fsp3) is 0.364. The molecule has 2 rings (SSSR count). The summed E-state index contributed by atoms with van der Waals surface area (Å²) in [6.07, 6.45) is 1.45. The van der Waals surface area contributed by atoms with Crippen LogP contribution in [0.25, 0.3) is 0 Å². The molecular formula is C11H13N3O2S. The molecule has 0 atom stereocenters. The summed E-state index contributed by atoms with van der Waals surface area (Å²) in [7, 11) is -3.26. The molecule has 0 radical (unpaired) electrons. The molecule has 0 amide bonds. The highest BCUT2D eigenvalue weighted by molar-refractivity contribution is 7.93. The molecule has 1 aromatic heterocycles. The van der Waals surface area contributed by atoms with Crippen LogP contribution < -0.4 is 10.5 Å². The van der Waals surface area contributed by atoms with Crippen molar-refractivity contribution in [2.75, 3.05) is 11.3 Å². The topological polar surface area (TPSA) is 85.1 Å². The van der Waals surface area contributed by atoms with Gasteiger partial charge in [0.05, 0.1) is 11.8 Å². The monoisotopic (exact) mass is 251 g/mol. The summed E-state index contributed by atoms with van der Waals surface area (Å²) in [4.78, 5) is 4.09. The van der Waals surface area contributed by atoms with Gasteiger partial charge >= 0.3 is 0 Å². The molecule has 0 aliphatic heterocycles. The summed E-state index contributed by atoms with van der Waals surface area (Å²) in [5, 5.41) is -0.261. The molecule has 90 valence electrons. The summed E-state index contributed by atoms with van der Waals surface area (Å²) in [5.74, 6) is 5.73. The predicted molar refractivity (Wildman–Crippen MR) is 65.7 cm³/mol. The number of nitrogens with zero attached hydrogens (tertiary/aromatic N) is 1. The minimum atomic E-state index is -3.26. The Balaban J connectivity index is 2.16. The molecule has 0 bridgehead atoms. The van der Waals surface area contributed by atoms with Crippen molar-refractivity contribution in [1.82, 2.24) is 4.98 Å². The smallest absolute Gasteiger partial charge is 0.236 e. The van der Waals surface area contributed by atoms with Crippen LogP contribution in [0.1, 0.15) is 18.5 Å². The van der Waals surface area contributed by atoms with E-state index in [-0.39, 0.29) is 11.8 Å². The Labute approximate surface area is 100 Å². The molecule has 1 aliphatic carbocycles.